The lowest BCUT2D eigenvalue weighted by molar-refractivity contribution is -0.388. The summed E-state index contributed by atoms with van der Waals surface area (Å²) in [6, 6.07) is 1.40. The number of nitro groups is 1. The number of benzene rings is 1. The maximum Gasteiger partial charge on any atom is 0.311 e. The number of carbonyl (C=O) groups is 1. The number of rotatable bonds is 3. The predicted molar refractivity (Wildman–Crippen MR) is 52.3 cm³/mol. The third-order valence-corrected chi connectivity index (χ3v) is 2.24. The minimum Gasteiger partial charge on any atom is -0.293 e. The molecule has 0 aliphatic rings. The van der Waals surface area contributed by atoms with E-state index in [1.165, 1.54) is 6.07 Å². The van der Waals surface area contributed by atoms with Gasteiger partial charge in [0, 0.05) is 5.56 Å². The van der Waals surface area contributed by atoms with E-state index >= 15 is 0 Å². The molecule has 0 heterocycles. The first-order valence-electron chi connectivity index (χ1n) is 4.54. The van der Waals surface area contributed by atoms with Crippen LogP contribution in [0.4, 0.5) is 18.9 Å². The van der Waals surface area contributed by atoms with Crippen molar-refractivity contribution in [1.29, 1.82) is 5.26 Å². The molecule has 8 heteroatoms. The Balaban J connectivity index is 3.69. The summed E-state index contributed by atoms with van der Waals surface area (Å²) >= 11 is 0. The van der Waals surface area contributed by atoms with Crippen molar-refractivity contribution in [2.75, 3.05) is 0 Å². The summed E-state index contributed by atoms with van der Waals surface area (Å²) in [4.78, 5) is 20.6. The molecule has 0 N–H and O–H groups in total. The second kappa shape index (κ2) is 4.83. The molecule has 0 radical (unpaired) electrons. The topological polar surface area (TPSA) is 84.0 Å². The van der Waals surface area contributed by atoms with Crippen molar-refractivity contribution in [1.82, 2.24) is 0 Å². The summed E-state index contributed by atoms with van der Waals surface area (Å²) in [5.74, 6) is -7.04. The van der Waals surface area contributed by atoms with Gasteiger partial charge in [-0.15, -0.1) is 0 Å². The highest BCUT2D eigenvalue weighted by Gasteiger charge is 2.32. The van der Waals surface area contributed by atoms with Crippen LogP contribution >= 0.6 is 0 Å². The molecule has 0 aliphatic carbocycles. The molecule has 0 aliphatic heterocycles. The van der Waals surface area contributed by atoms with Crippen LogP contribution in [-0.4, -0.2) is 10.7 Å². The van der Waals surface area contributed by atoms with Gasteiger partial charge < -0.3 is 0 Å². The molecule has 1 aromatic carbocycles. The minimum atomic E-state index is -2.10. The zero-order valence-electron chi connectivity index (χ0n) is 8.96. The zero-order chi connectivity index (χ0) is 14.0. The lowest BCUT2D eigenvalue weighted by Gasteiger charge is -2.07. The molecule has 0 spiro atoms. The van der Waals surface area contributed by atoms with E-state index in [9.17, 15) is 28.1 Å². The molecule has 0 atom stereocenters. The Morgan fingerprint density at radius 2 is 1.89 bits per heavy atom. The molecule has 1 aromatic rings. The van der Waals surface area contributed by atoms with E-state index in [0.29, 0.717) is 0 Å². The van der Waals surface area contributed by atoms with Crippen LogP contribution in [0, 0.1) is 45.8 Å². The summed E-state index contributed by atoms with van der Waals surface area (Å²) in [5.41, 5.74) is -2.92. The first-order chi connectivity index (χ1) is 8.32. The monoisotopic (exact) mass is 258 g/mol. The van der Waals surface area contributed by atoms with Gasteiger partial charge in [-0.3, -0.25) is 14.9 Å². The highest BCUT2D eigenvalue weighted by molar-refractivity contribution is 5.99. The van der Waals surface area contributed by atoms with Gasteiger partial charge in [0.05, 0.1) is 23.0 Å². The minimum absolute atomic E-state index is 0.642. The van der Waals surface area contributed by atoms with Crippen LogP contribution in [0.2, 0.25) is 0 Å². The maximum atomic E-state index is 13.4. The predicted octanol–water partition coefficient (Wildman–Crippen LogP) is 2.42. The van der Waals surface area contributed by atoms with E-state index in [-0.39, 0.29) is 0 Å². The molecule has 0 bridgehead atoms. The molecular weight excluding hydrogens is 253 g/mol. The average molecular weight is 258 g/mol. The summed E-state index contributed by atoms with van der Waals surface area (Å²) in [7, 11) is 0. The number of nitro benzene ring substituents is 1. The lowest BCUT2D eigenvalue weighted by Crippen LogP contribution is -2.12. The quantitative estimate of drug-likeness (QED) is 0.360. The van der Waals surface area contributed by atoms with Crippen LogP contribution < -0.4 is 0 Å². The van der Waals surface area contributed by atoms with Crippen LogP contribution in [0.25, 0.3) is 0 Å². The fraction of sp³-hybridized carbons (Fsp3) is 0.200. The Labute approximate surface area is 98.6 Å². The summed E-state index contributed by atoms with van der Waals surface area (Å²) < 4.78 is 39.6. The van der Waals surface area contributed by atoms with Crippen LogP contribution in [0.1, 0.15) is 22.3 Å². The van der Waals surface area contributed by atoms with Gasteiger partial charge in [0.15, 0.2) is 11.6 Å². The van der Waals surface area contributed by atoms with Crippen LogP contribution in [0.3, 0.4) is 0 Å². The standard InChI is InChI=1S/C10H5F3N2O3/c1-4-6(5(16)2-3-14)7(11)8(12)9(13)10(4)15(17)18/h2H2,1H3. The molecule has 5 nitrogen and oxygen atoms in total. The van der Waals surface area contributed by atoms with Gasteiger partial charge in [-0.05, 0) is 6.92 Å². The lowest BCUT2D eigenvalue weighted by atomic mass is 10.00. The molecule has 0 unspecified atom stereocenters. The number of nitrogens with zero attached hydrogens (tertiary/aromatic N) is 2. The molecule has 0 aromatic heterocycles. The second-order valence-corrected chi connectivity index (χ2v) is 3.31. The van der Waals surface area contributed by atoms with Gasteiger partial charge >= 0.3 is 5.69 Å². The maximum absolute atomic E-state index is 13.4. The Morgan fingerprint density at radius 1 is 1.33 bits per heavy atom. The number of halogens is 3. The van der Waals surface area contributed by atoms with Crippen molar-refractivity contribution in [3.05, 3.63) is 38.7 Å². The van der Waals surface area contributed by atoms with Crippen LogP contribution in [-0.2, 0) is 0 Å². The summed E-state index contributed by atoms with van der Waals surface area (Å²) in [6.07, 6.45) is -0.792. The van der Waals surface area contributed by atoms with Crippen molar-refractivity contribution in [2.45, 2.75) is 13.3 Å². The molecule has 0 amide bonds. The first-order valence-corrected chi connectivity index (χ1v) is 4.54. The van der Waals surface area contributed by atoms with Gasteiger partial charge in [-0.25, -0.2) is 8.78 Å². The summed E-state index contributed by atoms with van der Waals surface area (Å²) in [5, 5.41) is 18.8. The van der Waals surface area contributed by atoms with Crippen molar-refractivity contribution in [2.24, 2.45) is 0 Å². The smallest absolute Gasteiger partial charge is 0.293 e. The van der Waals surface area contributed by atoms with Gasteiger partial charge in [0.2, 0.25) is 11.6 Å². The van der Waals surface area contributed by atoms with E-state index < -0.39 is 51.4 Å². The zero-order valence-corrected chi connectivity index (χ0v) is 8.96. The van der Waals surface area contributed by atoms with Crippen LogP contribution in [0.15, 0.2) is 0 Å². The number of ketones is 1. The van der Waals surface area contributed by atoms with Crippen molar-refractivity contribution in [3.63, 3.8) is 0 Å². The molecule has 1 rings (SSSR count). The first kappa shape index (κ1) is 13.6. The fourth-order valence-electron chi connectivity index (χ4n) is 1.47. The number of nitriles is 1. The molecule has 0 fully saturated rings. The normalized spacial score (nSPS) is 9.94. The number of hydrogen-bond acceptors (Lipinski definition) is 4. The van der Waals surface area contributed by atoms with E-state index in [2.05, 4.69) is 0 Å². The third-order valence-electron chi connectivity index (χ3n) is 2.24. The fourth-order valence-corrected chi connectivity index (χ4v) is 1.47. The van der Waals surface area contributed by atoms with E-state index in [1.54, 1.807) is 0 Å². The SMILES string of the molecule is Cc1c(C(=O)CC#N)c(F)c(F)c(F)c1[N+](=O)[O-]. The molecule has 94 valence electrons. The Kier molecular flexibility index (Phi) is 3.66. The molecular formula is C10H5F3N2O3. The molecule has 18 heavy (non-hydrogen) atoms. The Morgan fingerprint density at radius 3 is 2.33 bits per heavy atom. The van der Waals surface area contributed by atoms with E-state index in [0.717, 1.165) is 6.92 Å². The Hall–Kier alpha value is -2.43. The molecule has 0 saturated carbocycles. The van der Waals surface area contributed by atoms with Gasteiger partial charge in [0.1, 0.15) is 0 Å². The van der Waals surface area contributed by atoms with Gasteiger partial charge in [0.25, 0.3) is 0 Å². The van der Waals surface area contributed by atoms with Crippen molar-refractivity contribution in [3.8, 4) is 6.07 Å². The average Bonchev–Trinajstić information content (AvgIpc) is 2.26. The number of Topliss-reactive ketones (excluding diaryl/α,β-unsaturated/α-hetero) is 1. The highest BCUT2D eigenvalue weighted by Crippen LogP contribution is 2.31. The Bertz CT molecular complexity index is 593. The number of hydrogen-bond donors (Lipinski definition) is 0. The molecule has 0 saturated heterocycles. The van der Waals surface area contributed by atoms with Crippen molar-refractivity contribution >= 4 is 11.5 Å². The van der Waals surface area contributed by atoms with E-state index in [1.807, 2.05) is 0 Å². The van der Waals surface area contributed by atoms with Crippen molar-refractivity contribution < 1.29 is 22.9 Å². The summed E-state index contributed by atoms with van der Waals surface area (Å²) in [6.45, 7) is 0.911. The van der Waals surface area contributed by atoms with Gasteiger partial charge in [-0.1, -0.05) is 0 Å². The highest BCUT2D eigenvalue weighted by atomic mass is 19.2. The second-order valence-electron chi connectivity index (χ2n) is 3.31. The number of carbonyl (C=O) groups excluding carboxylic acids is 1. The van der Waals surface area contributed by atoms with Gasteiger partial charge in [-0.2, -0.15) is 9.65 Å². The largest absolute Gasteiger partial charge is 0.311 e. The third kappa shape index (κ3) is 2.02. The van der Waals surface area contributed by atoms with E-state index in [4.69, 9.17) is 5.26 Å². The van der Waals surface area contributed by atoms with Crippen LogP contribution in [0.5, 0.6) is 0 Å².